The quantitative estimate of drug-likeness (QED) is 0.797. The first-order chi connectivity index (χ1) is 7.62. The highest BCUT2D eigenvalue weighted by Crippen LogP contribution is 2.35. The topological polar surface area (TPSA) is 42.2 Å². The van der Waals surface area contributed by atoms with Crippen LogP contribution in [-0.2, 0) is 0 Å². The number of carbonyl (C=O) groups is 1. The summed E-state index contributed by atoms with van der Waals surface area (Å²) in [6.07, 6.45) is 5.39. The summed E-state index contributed by atoms with van der Waals surface area (Å²) in [5.74, 6) is 0.610. The minimum absolute atomic E-state index is 0.190. The number of rotatable bonds is 3. The molecule has 1 saturated heterocycles. The van der Waals surface area contributed by atoms with Gasteiger partial charge in [0.2, 0.25) is 0 Å². The van der Waals surface area contributed by atoms with E-state index in [1.165, 1.54) is 0 Å². The van der Waals surface area contributed by atoms with Gasteiger partial charge in [-0.25, -0.2) is 0 Å². The summed E-state index contributed by atoms with van der Waals surface area (Å²) in [4.78, 5) is 12.3. The SMILES string of the molecule is CC(C)(C(=O)c1ccoc1)C1CCCNC1. The number of hydrogen-bond donors (Lipinski definition) is 1. The van der Waals surface area contributed by atoms with Crippen LogP contribution in [0.5, 0.6) is 0 Å². The molecule has 2 heterocycles. The lowest BCUT2D eigenvalue weighted by Gasteiger charge is -2.35. The van der Waals surface area contributed by atoms with Crippen molar-refractivity contribution in [2.24, 2.45) is 11.3 Å². The number of Topliss-reactive ketones (excluding diaryl/α,β-unsaturated/α-hetero) is 1. The monoisotopic (exact) mass is 221 g/mol. The highest BCUT2D eigenvalue weighted by molar-refractivity contribution is 5.99. The van der Waals surface area contributed by atoms with Crippen molar-refractivity contribution < 1.29 is 9.21 Å². The second kappa shape index (κ2) is 4.42. The van der Waals surface area contributed by atoms with Crippen molar-refractivity contribution in [2.75, 3.05) is 13.1 Å². The van der Waals surface area contributed by atoms with E-state index in [1.807, 2.05) is 13.8 Å². The van der Waals surface area contributed by atoms with E-state index in [1.54, 1.807) is 18.6 Å². The Morgan fingerprint density at radius 3 is 2.94 bits per heavy atom. The predicted octanol–water partition coefficient (Wildman–Crippen LogP) is 2.49. The van der Waals surface area contributed by atoms with Crippen LogP contribution >= 0.6 is 0 Å². The molecule has 1 aromatic heterocycles. The minimum atomic E-state index is -0.308. The first kappa shape index (κ1) is 11.4. The minimum Gasteiger partial charge on any atom is -0.472 e. The molecule has 1 N–H and O–H groups in total. The van der Waals surface area contributed by atoms with Crippen LogP contribution in [0.1, 0.15) is 37.0 Å². The molecule has 2 rings (SSSR count). The zero-order chi connectivity index (χ0) is 11.6. The molecule has 3 heteroatoms. The van der Waals surface area contributed by atoms with Crippen LogP contribution in [0.3, 0.4) is 0 Å². The van der Waals surface area contributed by atoms with Gasteiger partial charge in [0.05, 0.1) is 11.8 Å². The third kappa shape index (κ3) is 2.05. The van der Waals surface area contributed by atoms with Crippen molar-refractivity contribution in [1.29, 1.82) is 0 Å². The Labute approximate surface area is 96.2 Å². The number of furan rings is 1. The molecule has 3 nitrogen and oxygen atoms in total. The molecular weight excluding hydrogens is 202 g/mol. The fraction of sp³-hybridized carbons (Fsp3) is 0.615. The summed E-state index contributed by atoms with van der Waals surface area (Å²) in [6.45, 7) is 6.10. The molecule has 16 heavy (non-hydrogen) atoms. The molecule has 1 unspecified atom stereocenters. The number of carbonyl (C=O) groups excluding carboxylic acids is 1. The number of piperidine rings is 1. The van der Waals surface area contributed by atoms with E-state index in [2.05, 4.69) is 5.32 Å². The van der Waals surface area contributed by atoms with E-state index in [0.717, 1.165) is 25.9 Å². The summed E-state index contributed by atoms with van der Waals surface area (Å²) < 4.78 is 4.98. The Kier molecular flexibility index (Phi) is 3.15. The molecule has 1 atom stereocenters. The maximum Gasteiger partial charge on any atom is 0.171 e. The van der Waals surface area contributed by atoms with E-state index < -0.39 is 0 Å². The summed E-state index contributed by atoms with van der Waals surface area (Å²) in [6, 6.07) is 1.75. The van der Waals surface area contributed by atoms with Gasteiger partial charge in [-0.05, 0) is 37.9 Å². The Morgan fingerprint density at radius 1 is 1.56 bits per heavy atom. The molecule has 0 saturated carbocycles. The molecule has 0 aliphatic carbocycles. The largest absolute Gasteiger partial charge is 0.472 e. The molecule has 1 aliphatic rings. The molecule has 1 aromatic rings. The zero-order valence-electron chi connectivity index (χ0n) is 9.95. The molecule has 0 aromatic carbocycles. The van der Waals surface area contributed by atoms with Crippen LogP contribution in [0, 0.1) is 11.3 Å². The van der Waals surface area contributed by atoms with Crippen LogP contribution in [-0.4, -0.2) is 18.9 Å². The van der Waals surface area contributed by atoms with Crippen molar-refractivity contribution >= 4 is 5.78 Å². The van der Waals surface area contributed by atoms with E-state index in [-0.39, 0.29) is 11.2 Å². The second-order valence-corrected chi connectivity index (χ2v) is 5.11. The highest BCUT2D eigenvalue weighted by Gasteiger charge is 2.37. The lowest BCUT2D eigenvalue weighted by molar-refractivity contribution is 0.0707. The summed E-state index contributed by atoms with van der Waals surface area (Å²) in [7, 11) is 0. The molecule has 0 spiro atoms. The summed E-state index contributed by atoms with van der Waals surface area (Å²) in [5, 5.41) is 3.37. The Balaban J connectivity index is 2.14. The molecule has 0 radical (unpaired) electrons. The Bertz CT molecular complexity index is 348. The molecule has 0 amide bonds. The van der Waals surface area contributed by atoms with Crippen molar-refractivity contribution in [3.8, 4) is 0 Å². The van der Waals surface area contributed by atoms with Crippen molar-refractivity contribution in [2.45, 2.75) is 26.7 Å². The van der Waals surface area contributed by atoms with Gasteiger partial charge in [0.25, 0.3) is 0 Å². The third-order valence-electron chi connectivity index (χ3n) is 3.69. The van der Waals surface area contributed by atoms with E-state index >= 15 is 0 Å². The smallest absolute Gasteiger partial charge is 0.171 e. The maximum atomic E-state index is 12.3. The van der Waals surface area contributed by atoms with Crippen LogP contribution in [0.2, 0.25) is 0 Å². The lowest BCUT2D eigenvalue weighted by atomic mass is 9.71. The fourth-order valence-corrected chi connectivity index (χ4v) is 2.42. The molecule has 1 aliphatic heterocycles. The fourth-order valence-electron chi connectivity index (χ4n) is 2.42. The van der Waals surface area contributed by atoms with Gasteiger partial charge in [0.15, 0.2) is 5.78 Å². The summed E-state index contributed by atoms with van der Waals surface area (Å²) in [5.41, 5.74) is 0.382. The zero-order valence-corrected chi connectivity index (χ0v) is 9.95. The Hall–Kier alpha value is -1.09. The predicted molar refractivity (Wildman–Crippen MR) is 62.4 cm³/mol. The van der Waals surface area contributed by atoms with Crippen molar-refractivity contribution in [1.82, 2.24) is 5.32 Å². The molecule has 0 bridgehead atoms. The standard InChI is InChI=1S/C13H19NO2/c1-13(2,11-4-3-6-14-8-11)12(15)10-5-7-16-9-10/h5,7,9,11,14H,3-4,6,8H2,1-2H3. The Morgan fingerprint density at radius 2 is 2.38 bits per heavy atom. The van der Waals surface area contributed by atoms with Gasteiger partial charge in [0, 0.05) is 5.41 Å². The van der Waals surface area contributed by atoms with Gasteiger partial charge in [0.1, 0.15) is 6.26 Å². The van der Waals surface area contributed by atoms with E-state index in [4.69, 9.17) is 4.42 Å². The van der Waals surface area contributed by atoms with Gasteiger partial charge in [-0.3, -0.25) is 4.79 Å². The highest BCUT2D eigenvalue weighted by atomic mass is 16.3. The lowest BCUT2D eigenvalue weighted by Crippen LogP contribution is -2.42. The molecule has 1 fully saturated rings. The van der Waals surface area contributed by atoms with Gasteiger partial charge in [-0.2, -0.15) is 0 Å². The normalized spacial score (nSPS) is 22.0. The van der Waals surface area contributed by atoms with Crippen LogP contribution < -0.4 is 5.32 Å². The van der Waals surface area contributed by atoms with Gasteiger partial charge < -0.3 is 9.73 Å². The van der Waals surface area contributed by atoms with Crippen LogP contribution in [0.25, 0.3) is 0 Å². The van der Waals surface area contributed by atoms with Gasteiger partial charge >= 0.3 is 0 Å². The summed E-state index contributed by atoms with van der Waals surface area (Å²) >= 11 is 0. The molecule has 88 valence electrons. The van der Waals surface area contributed by atoms with Crippen LogP contribution in [0.4, 0.5) is 0 Å². The average Bonchev–Trinajstić information content (AvgIpc) is 2.82. The van der Waals surface area contributed by atoms with E-state index in [9.17, 15) is 4.79 Å². The average molecular weight is 221 g/mol. The number of nitrogens with one attached hydrogen (secondary N) is 1. The van der Waals surface area contributed by atoms with Gasteiger partial charge in [-0.15, -0.1) is 0 Å². The van der Waals surface area contributed by atoms with Gasteiger partial charge in [-0.1, -0.05) is 13.8 Å². The second-order valence-electron chi connectivity index (χ2n) is 5.11. The first-order valence-corrected chi connectivity index (χ1v) is 5.90. The number of hydrogen-bond acceptors (Lipinski definition) is 3. The third-order valence-corrected chi connectivity index (χ3v) is 3.69. The van der Waals surface area contributed by atoms with E-state index in [0.29, 0.717) is 11.5 Å². The molecular formula is C13H19NO2. The number of ketones is 1. The maximum absolute atomic E-state index is 12.3. The van der Waals surface area contributed by atoms with Crippen molar-refractivity contribution in [3.05, 3.63) is 24.2 Å². The first-order valence-electron chi connectivity index (χ1n) is 5.90. The van der Waals surface area contributed by atoms with Crippen molar-refractivity contribution in [3.63, 3.8) is 0 Å². The van der Waals surface area contributed by atoms with Crippen LogP contribution in [0.15, 0.2) is 23.0 Å².